The molecule has 10 heteroatoms. The Kier molecular flexibility index (Phi) is 6.15. The number of hydrogen-bond donors (Lipinski definition) is 3. The van der Waals surface area contributed by atoms with Crippen LogP contribution in [0.15, 0.2) is 24.3 Å². The van der Waals surface area contributed by atoms with E-state index in [1.165, 1.54) is 12.1 Å². The average molecular weight is 342 g/mol. The first-order chi connectivity index (χ1) is 9.64. The highest BCUT2D eigenvalue weighted by molar-refractivity contribution is 7.80. The zero-order chi connectivity index (χ0) is 16.1. The Morgan fingerprint density at radius 1 is 1.38 bits per heavy atom. The third-order valence-electron chi connectivity index (χ3n) is 2.44. The van der Waals surface area contributed by atoms with Crippen LogP contribution in [-0.2, 0) is 15.3 Å². The summed E-state index contributed by atoms with van der Waals surface area (Å²) in [6.45, 7) is 0.0914. The van der Waals surface area contributed by atoms with E-state index in [0.717, 1.165) is 19.2 Å². The monoisotopic (exact) mass is 342 g/mol. The molecule has 1 aromatic carbocycles. The van der Waals surface area contributed by atoms with Gasteiger partial charge in [-0.2, -0.15) is 13.2 Å². The van der Waals surface area contributed by atoms with E-state index in [0.29, 0.717) is 5.69 Å². The molecule has 0 saturated carbocycles. The maximum atomic E-state index is 12.4. The van der Waals surface area contributed by atoms with Crippen LogP contribution in [0.3, 0.4) is 0 Å². The van der Waals surface area contributed by atoms with Crippen molar-refractivity contribution in [2.75, 3.05) is 25.1 Å². The molecular weight excluding hydrogens is 328 g/mol. The first-order valence-corrected chi connectivity index (χ1v) is 7.91. The maximum Gasteiger partial charge on any atom is 0.416 e. The molecule has 1 atom stereocenters. The topological polar surface area (TPSA) is 70.6 Å². The molecule has 0 aliphatic heterocycles. The van der Waals surface area contributed by atoms with Gasteiger partial charge in [0.1, 0.15) is 0 Å². The van der Waals surface area contributed by atoms with Gasteiger partial charge >= 0.3 is 13.8 Å². The van der Waals surface area contributed by atoms with Crippen LogP contribution in [0.1, 0.15) is 5.56 Å². The van der Waals surface area contributed by atoms with Gasteiger partial charge in [0, 0.05) is 19.3 Å². The summed E-state index contributed by atoms with van der Waals surface area (Å²) in [6, 6.07) is 4.33. The van der Waals surface area contributed by atoms with Gasteiger partial charge in [-0.1, -0.05) is 0 Å². The predicted octanol–water partition coefficient (Wildman–Crippen LogP) is 2.82. The summed E-state index contributed by atoms with van der Waals surface area (Å²) < 4.78 is 52.7. The minimum Gasteiger partial charge on any atom is -0.362 e. The van der Waals surface area contributed by atoms with Crippen molar-refractivity contribution in [1.82, 2.24) is 5.32 Å². The molecule has 0 bridgehead atoms. The van der Waals surface area contributed by atoms with Crippen molar-refractivity contribution in [2.24, 2.45) is 0 Å². The molecular formula is C11H14F3N2O3PS. The Morgan fingerprint density at radius 2 is 1.95 bits per heavy atom. The molecule has 1 unspecified atom stereocenters. The van der Waals surface area contributed by atoms with Crippen LogP contribution in [0.2, 0.25) is 0 Å². The highest BCUT2D eigenvalue weighted by atomic mass is 32.1. The smallest absolute Gasteiger partial charge is 0.362 e. The van der Waals surface area contributed by atoms with E-state index < -0.39 is 19.3 Å². The lowest BCUT2D eigenvalue weighted by molar-refractivity contribution is -0.137. The van der Waals surface area contributed by atoms with Crippen LogP contribution in [0.5, 0.6) is 0 Å². The first-order valence-electron chi connectivity index (χ1n) is 5.74. The third-order valence-corrected chi connectivity index (χ3v) is 4.04. The van der Waals surface area contributed by atoms with Crippen molar-refractivity contribution >= 4 is 30.6 Å². The minimum absolute atomic E-state index is 0.0914. The molecule has 0 aromatic heterocycles. The van der Waals surface area contributed by atoms with Gasteiger partial charge in [-0.15, -0.1) is 0 Å². The van der Waals surface area contributed by atoms with E-state index >= 15 is 0 Å². The van der Waals surface area contributed by atoms with Crippen molar-refractivity contribution in [3.8, 4) is 0 Å². The second-order valence-electron chi connectivity index (χ2n) is 4.00. The number of anilines is 1. The average Bonchev–Trinajstić information content (AvgIpc) is 2.38. The highest BCUT2D eigenvalue weighted by Crippen LogP contribution is 2.39. The standard InChI is InChI=1S/C11H14F3N2O3PS/c1-19-20(17,18)7-6-15-10(21)16-9-4-2-8(3-5-9)11(12,13)14/h2-5H,6-7H2,1H3,(H,17,18)(H2,15,16,21). The molecule has 0 aliphatic rings. The summed E-state index contributed by atoms with van der Waals surface area (Å²) >= 11 is 4.91. The molecule has 0 spiro atoms. The number of thiocarbonyl (C=S) groups is 1. The lowest BCUT2D eigenvalue weighted by atomic mass is 10.2. The Labute approximate surface area is 125 Å². The molecule has 3 N–H and O–H groups in total. The van der Waals surface area contributed by atoms with Gasteiger partial charge in [0.2, 0.25) is 0 Å². The SMILES string of the molecule is COP(=O)(O)CCNC(=S)Nc1ccc(C(F)(F)F)cc1. The quantitative estimate of drug-likeness (QED) is 0.565. The molecule has 118 valence electrons. The molecule has 0 saturated heterocycles. The van der Waals surface area contributed by atoms with Gasteiger partial charge in [0.15, 0.2) is 5.11 Å². The van der Waals surface area contributed by atoms with Crippen LogP contribution in [0, 0.1) is 0 Å². The summed E-state index contributed by atoms with van der Waals surface area (Å²) in [5, 5.41) is 5.45. The molecule has 1 rings (SSSR count). The minimum atomic E-state index is -4.39. The van der Waals surface area contributed by atoms with Crippen molar-refractivity contribution in [3.05, 3.63) is 29.8 Å². The van der Waals surface area contributed by atoms with E-state index in [4.69, 9.17) is 17.1 Å². The molecule has 5 nitrogen and oxygen atoms in total. The van der Waals surface area contributed by atoms with Gasteiger partial charge < -0.3 is 20.1 Å². The molecule has 21 heavy (non-hydrogen) atoms. The Bertz CT molecular complexity index is 537. The third kappa shape index (κ3) is 6.43. The van der Waals surface area contributed by atoms with Crippen LogP contribution in [0.25, 0.3) is 0 Å². The molecule has 0 aliphatic carbocycles. The zero-order valence-corrected chi connectivity index (χ0v) is 12.7. The number of alkyl halides is 3. The molecule has 0 amide bonds. The van der Waals surface area contributed by atoms with Crippen LogP contribution in [0.4, 0.5) is 18.9 Å². The van der Waals surface area contributed by atoms with Crippen molar-refractivity contribution in [1.29, 1.82) is 0 Å². The Hall–Kier alpha value is -1.15. The van der Waals surface area contributed by atoms with Crippen molar-refractivity contribution in [3.63, 3.8) is 0 Å². The largest absolute Gasteiger partial charge is 0.416 e. The van der Waals surface area contributed by atoms with Crippen molar-refractivity contribution in [2.45, 2.75) is 6.18 Å². The highest BCUT2D eigenvalue weighted by Gasteiger charge is 2.29. The van der Waals surface area contributed by atoms with Crippen molar-refractivity contribution < 1.29 is 27.2 Å². The van der Waals surface area contributed by atoms with Crippen LogP contribution >= 0.6 is 19.8 Å². The number of rotatable bonds is 5. The van der Waals surface area contributed by atoms with E-state index in [-0.39, 0.29) is 17.8 Å². The fourth-order valence-electron chi connectivity index (χ4n) is 1.32. The van der Waals surface area contributed by atoms with Gasteiger partial charge in [-0.25, -0.2) is 0 Å². The van der Waals surface area contributed by atoms with E-state index in [9.17, 15) is 17.7 Å². The van der Waals surface area contributed by atoms with Gasteiger partial charge in [-0.05, 0) is 36.5 Å². The normalized spacial score (nSPS) is 14.3. The second kappa shape index (κ2) is 7.22. The fraction of sp³-hybridized carbons (Fsp3) is 0.364. The van der Waals surface area contributed by atoms with Crippen LogP contribution in [-0.4, -0.2) is 29.8 Å². The van der Waals surface area contributed by atoms with Gasteiger partial charge in [-0.3, -0.25) is 4.57 Å². The summed E-state index contributed by atoms with van der Waals surface area (Å²) in [4.78, 5) is 9.16. The maximum absolute atomic E-state index is 12.4. The van der Waals surface area contributed by atoms with E-state index in [1.54, 1.807) is 0 Å². The lowest BCUT2D eigenvalue weighted by Crippen LogP contribution is -2.30. The summed E-state index contributed by atoms with van der Waals surface area (Å²) in [6.07, 6.45) is -4.53. The summed E-state index contributed by atoms with van der Waals surface area (Å²) in [7, 11) is -2.49. The summed E-state index contributed by atoms with van der Waals surface area (Å²) in [5.74, 6) is 0. The molecule has 0 radical (unpaired) electrons. The predicted molar refractivity (Wildman–Crippen MR) is 77.4 cm³/mol. The number of hydrogen-bond acceptors (Lipinski definition) is 3. The Morgan fingerprint density at radius 3 is 2.43 bits per heavy atom. The van der Waals surface area contributed by atoms with Gasteiger partial charge in [0.25, 0.3) is 0 Å². The zero-order valence-electron chi connectivity index (χ0n) is 11.0. The molecule has 1 aromatic rings. The first kappa shape index (κ1) is 17.9. The second-order valence-corrected chi connectivity index (χ2v) is 6.50. The van der Waals surface area contributed by atoms with E-state index in [1.807, 2.05) is 0 Å². The molecule has 0 fully saturated rings. The number of benzene rings is 1. The van der Waals surface area contributed by atoms with E-state index in [2.05, 4.69) is 15.2 Å². The number of nitrogens with one attached hydrogen (secondary N) is 2. The van der Waals surface area contributed by atoms with Crippen LogP contribution < -0.4 is 10.6 Å². The Balaban J connectivity index is 2.47. The number of halogens is 3. The molecule has 0 heterocycles. The summed E-state index contributed by atoms with van der Waals surface area (Å²) in [5.41, 5.74) is -0.382. The fourth-order valence-corrected chi connectivity index (χ4v) is 2.12. The lowest BCUT2D eigenvalue weighted by Gasteiger charge is -2.13. The van der Waals surface area contributed by atoms with Gasteiger partial charge in [0.05, 0.1) is 11.7 Å².